The van der Waals surface area contributed by atoms with E-state index in [2.05, 4.69) is 4.90 Å². The third-order valence-corrected chi connectivity index (χ3v) is 5.10. The Bertz CT molecular complexity index is 782. The summed E-state index contributed by atoms with van der Waals surface area (Å²) in [6.07, 6.45) is 0.724. The molecule has 2 atom stereocenters. The first kappa shape index (κ1) is 15.1. The number of hydrogen-bond acceptors (Lipinski definition) is 6. The summed E-state index contributed by atoms with van der Waals surface area (Å²) >= 11 is 0. The lowest BCUT2D eigenvalue weighted by Gasteiger charge is -2.42. The maximum atomic E-state index is 12.5. The summed E-state index contributed by atoms with van der Waals surface area (Å²) in [4.78, 5) is 26.7. The van der Waals surface area contributed by atoms with Gasteiger partial charge < -0.3 is 19.1 Å². The lowest BCUT2D eigenvalue weighted by molar-refractivity contribution is -0.140. The van der Waals surface area contributed by atoms with Gasteiger partial charge in [0.15, 0.2) is 17.3 Å². The van der Waals surface area contributed by atoms with Gasteiger partial charge in [0.1, 0.15) is 11.7 Å². The normalized spacial score (nSPS) is 25.0. The summed E-state index contributed by atoms with van der Waals surface area (Å²) in [5.41, 5.74) is 3.19. The van der Waals surface area contributed by atoms with Crippen molar-refractivity contribution in [1.82, 2.24) is 4.90 Å². The number of carbonyl (C=O) groups is 2. The third-order valence-electron chi connectivity index (χ3n) is 5.10. The molecule has 0 spiro atoms. The molecule has 0 radical (unpaired) electrons. The van der Waals surface area contributed by atoms with Crippen LogP contribution >= 0.6 is 0 Å². The van der Waals surface area contributed by atoms with Gasteiger partial charge in [-0.05, 0) is 36.6 Å². The molecule has 4 rings (SSSR count). The fraction of sp³-hybridized carbons (Fsp3) is 0.444. The average Bonchev–Trinajstić information content (AvgIpc) is 2.89. The number of fused-ring (bicyclic) bond motifs is 4. The highest BCUT2D eigenvalue weighted by Crippen LogP contribution is 2.46. The molecule has 0 bridgehead atoms. The molecule has 0 fully saturated rings. The number of cyclic esters (lactones) is 1. The van der Waals surface area contributed by atoms with E-state index < -0.39 is 5.97 Å². The van der Waals surface area contributed by atoms with Crippen LogP contribution in [0.25, 0.3) is 0 Å². The Morgan fingerprint density at radius 1 is 1.17 bits per heavy atom. The van der Waals surface area contributed by atoms with E-state index in [0.717, 1.165) is 29.8 Å². The molecule has 0 N–H and O–H groups in total. The molecule has 6 nitrogen and oxygen atoms in total. The first-order chi connectivity index (χ1) is 11.5. The van der Waals surface area contributed by atoms with Crippen molar-refractivity contribution in [2.75, 3.05) is 20.8 Å². The number of Topliss-reactive ketones (excluding diaryl/α,β-unsaturated/α-hetero) is 1. The predicted octanol–water partition coefficient (Wildman–Crippen LogP) is 1.78. The smallest absolute Gasteiger partial charge is 0.344 e. The van der Waals surface area contributed by atoms with Crippen LogP contribution in [0.1, 0.15) is 30.5 Å². The van der Waals surface area contributed by atoms with Crippen molar-refractivity contribution < 1.29 is 23.8 Å². The van der Waals surface area contributed by atoms with Gasteiger partial charge in [-0.15, -0.1) is 0 Å². The van der Waals surface area contributed by atoms with E-state index in [1.165, 1.54) is 0 Å². The highest BCUT2D eigenvalue weighted by atomic mass is 16.5. The average molecular weight is 329 g/mol. The minimum atomic E-state index is -0.487. The first-order valence-electron chi connectivity index (χ1n) is 8.05. The molecule has 24 heavy (non-hydrogen) atoms. The Hall–Kier alpha value is -2.50. The largest absolute Gasteiger partial charge is 0.493 e. The van der Waals surface area contributed by atoms with Crippen LogP contribution in [0.15, 0.2) is 23.4 Å². The van der Waals surface area contributed by atoms with Crippen molar-refractivity contribution >= 4 is 11.8 Å². The first-order valence-corrected chi connectivity index (χ1v) is 8.05. The van der Waals surface area contributed by atoms with E-state index in [4.69, 9.17) is 14.2 Å². The molecule has 3 aliphatic heterocycles. The van der Waals surface area contributed by atoms with E-state index in [0.29, 0.717) is 11.5 Å². The number of rotatable bonds is 2. The summed E-state index contributed by atoms with van der Waals surface area (Å²) < 4.78 is 16.1. The number of carbonyl (C=O) groups excluding carboxylic acids is 2. The van der Waals surface area contributed by atoms with E-state index >= 15 is 0 Å². The highest BCUT2D eigenvalue weighted by Gasteiger charge is 2.46. The molecule has 1 aromatic rings. The van der Waals surface area contributed by atoms with E-state index in [1.54, 1.807) is 14.2 Å². The molecule has 0 saturated heterocycles. The van der Waals surface area contributed by atoms with Gasteiger partial charge in [0, 0.05) is 13.0 Å². The molecular formula is C18H19NO5. The van der Waals surface area contributed by atoms with Crippen molar-refractivity contribution in [2.45, 2.75) is 31.9 Å². The van der Waals surface area contributed by atoms with E-state index in [1.807, 2.05) is 19.1 Å². The monoisotopic (exact) mass is 329 g/mol. The number of hydrogen-bond donors (Lipinski definition) is 0. The molecule has 3 aliphatic rings. The Morgan fingerprint density at radius 3 is 2.58 bits per heavy atom. The fourth-order valence-corrected chi connectivity index (χ4v) is 4.03. The van der Waals surface area contributed by atoms with Gasteiger partial charge in [-0.2, -0.15) is 0 Å². The van der Waals surface area contributed by atoms with Crippen LogP contribution in [0, 0.1) is 0 Å². The van der Waals surface area contributed by atoms with Gasteiger partial charge in [-0.3, -0.25) is 4.79 Å². The molecule has 2 unspecified atom stereocenters. The van der Waals surface area contributed by atoms with Crippen molar-refractivity contribution in [1.29, 1.82) is 0 Å². The predicted molar refractivity (Wildman–Crippen MR) is 84.9 cm³/mol. The molecule has 0 aliphatic carbocycles. The lowest BCUT2D eigenvalue weighted by Crippen LogP contribution is -2.42. The summed E-state index contributed by atoms with van der Waals surface area (Å²) in [6.45, 7) is 2.57. The van der Waals surface area contributed by atoms with Crippen LogP contribution in [-0.4, -0.2) is 43.5 Å². The Kier molecular flexibility index (Phi) is 3.30. The zero-order valence-corrected chi connectivity index (χ0v) is 13.9. The molecule has 1 aromatic carbocycles. The summed E-state index contributed by atoms with van der Waals surface area (Å²) in [5, 5.41) is 0. The van der Waals surface area contributed by atoms with Gasteiger partial charge in [0.05, 0.1) is 26.0 Å². The molecular weight excluding hydrogens is 310 g/mol. The second-order valence-electron chi connectivity index (χ2n) is 6.30. The molecule has 126 valence electrons. The summed E-state index contributed by atoms with van der Waals surface area (Å²) in [7, 11) is 3.22. The molecule has 0 saturated carbocycles. The number of ether oxygens (including phenoxy) is 3. The van der Waals surface area contributed by atoms with Gasteiger partial charge >= 0.3 is 5.97 Å². The van der Waals surface area contributed by atoms with Gasteiger partial charge in [-0.1, -0.05) is 0 Å². The van der Waals surface area contributed by atoms with Crippen LogP contribution in [-0.2, 0) is 20.7 Å². The molecule has 6 heteroatoms. The van der Waals surface area contributed by atoms with Crippen molar-refractivity contribution in [2.24, 2.45) is 0 Å². The summed E-state index contributed by atoms with van der Waals surface area (Å²) in [5.74, 6) is 0.721. The topological polar surface area (TPSA) is 65.1 Å². The Morgan fingerprint density at radius 2 is 1.88 bits per heavy atom. The number of esters is 1. The number of ketones is 1. The molecule has 0 aromatic heterocycles. The fourth-order valence-electron chi connectivity index (χ4n) is 4.03. The maximum absolute atomic E-state index is 12.5. The lowest BCUT2D eigenvalue weighted by atomic mass is 9.83. The van der Waals surface area contributed by atoms with E-state index in [9.17, 15) is 9.59 Å². The Labute approximate surface area is 140 Å². The van der Waals surface area contributed by atoms with Gasteiger partial charge in [0.25, 0.3) is 0 Å². The second-order valence-corrected chi connectivity index (χ2v) is 6.30. The number of nitrogens with zero attached hydrogens (tertiary/aromatic N) is 1. The zero-order valence-electron chi connectivity index (χ0n) is 13.9. The quantitative estimate of drug-likeness (QED) is 0.609. The van der Waals surface area contributed by atoms with Gasteiger partial charge in [-0.25, -0.2) is 4.79 Å². The highest BCUT2D eigenvalue weighted by molar-refractivity contribution is 6.20. The van der Waals surface area contributed by atoms with Crippen molar-refractivity contribution in [3.63, 3.8) is 0 Å². The number of benzene rings is 1. The van der Waals surface area contributed by atoms with E-state index in [-0.39, 0.29) is 29.9 Å². The van der Waals surface area contributed by atoms with Crippen molar-refractivity contribution in [3.05, 3.63) is 34.5 Å². The van der Waals surface area contributed by atoms with Crippen LogP contribution < -0.4 is 9.47 Å². The minimum absolute atomic E-state index is 0.0863. The standard InChI is InChI=1S/C18H19NO5/c1-9-17-16(18(21)24-9)13(20)8-12-11-7-15(23-3)14(22-2)6-10(11)4-5-19(12)17/h6-7,9,12H,4-5,8H2,1-3H3. The third kappa shape index (κ3) is 1.95. The minimum Gasteiger partial charge on any atom is -0.493 e. The Balaban J connectivity index is 1.83. The molecule has 0 amide bonds. The van der Waals surface area contributed by atoms with Crippen LogP contribution in [0.5, 0.6) is 11.5 Å². The molecule has 3 heterocycles. The van der Waals surface area contributed by atoms with Crippen LogP contribution in [0.4, 0.5) is 0 Å². The zero-order chi connectivity index (χ0) is 17.0. The summed E-state index contributed by atoms with van der Waals surface area (Å²) in [6, 6.07) is 3.85. The second kappa shape index (κ2) is 5.26. The van der Waals surface area contributed by atoms with Crippen LogP contribution in [0.3, 0.4) is 0 Å². The van der Waals surface area contributed by atoms with Crippen molar-refractivity contribution in [3.8, 4) is 11.5 Å². The SMILES string of the molecule is COc1cc2c(cc1OC)C1CC(=O)C3=C(C(C)OC3=O)N1CC2. The van der Waals surface area contributed by atoms with Gasteiger partial charge in [0.2, 0.25) is 0 Å². The van der Waals surface area contributed by atoms with Crippen LogP contribution in [0.2, 0.25) is 0 Å². The maximum Gasteiger partial charge on any atom is 0.344 e. The number of methoxy groups -OCH3 is 2.